The fourth-order valence-electron chi connectivity index (χ4n) is 3.10. The van der Waals surface area contributed by atoms with Crippen LogP contribution in [-0.4, -0.2) is 19.0 Å². The quantitative estimate of drug-likeness (QED) is 0.762. The number of rotatable bonds is 1. The Hall–Kier alpha value is -1.32. The van der Waals surface area contributed by atoms with E-state index >= 15 is 0 Å². The summed E-state index contributed by atoms with van der Waals surface area (Å²) in [5.74, 6) is -2.77. The molecular weight excluding hydrogens is 222 g/mol. The van der Waals surface area contributed by atoms with Gasteiger partial charge in [0.1, 0.15) is 0 Å². The van der Waals surface area contributed by atoms with Gasteiger partial charge in [0.2, 0.25) is 0 Å². The van der Waals surface area contributed by atoms with E-state index in [1.807, 2.05) is 24.3 Å². The van der Waals surface area contributed by atoms with E-state index in [9.17, 15) is 8.78 Å². The lowest BCUT2D eigenvalue weighted by Crippen LogP contribution is -2.28. The second-order valence-corrected chi connectivity index (χ2v) is 5.16. The molecule has 2 nitrogen and oxygen atoms in total. The maximum absolute atomic E-state index is 13.6. The third-order valence-electron chi connectivity index (χ3n) is 4.09. The second kappa shape index (κ2) is 3.59. The summed E-state index contributed by atoms with van der Waals surface area (Å²) in [6.45, 7) is 1.23. The number of anilines is 2. The Kier molecular flexibility index (Phi) is 2.28. The van der Waals surface area contributed by atoms with Crippen molar-refractivity contribution in [2.45, 2.75) is 18.8 Å². The van der Waals surface area contributed by atoms with E-state index in [-0.39, 0.29) is 12.3 Å². The van der Waals surface area contributed by atoms with Gasteiger partial charge in [-0.25, -0.2) is 8.78 Å². The molecule has 92 valence electrons. The van der Waals surface area contributed by atoms with Crippen molar-refractivity contribution in [3.05, 3.63) is 24.3 Å². The van der Waals surface area contributed by atoms with Crippen LogP contribution in [0.15, 0.2) is 24.3 Å². The molecule has 1 aromatic rings. The van der Waals surface area contributed by atoms with Crippen LogP contribution in [0.4, 0.5) is 20.2 Å². The first-order valence-corrected chi connectivity index (χ1v) is 6.04. The first kappa shape index (κ1) is 10.8. The predicted octanol–water partition coefficient (Wildman–Crippen LogP) is 2.75. The van der Waals surface area contributed by atoms with Crippen molar-refractivity contribution in [2.24, 2.45) is 11.8 Å². The summed E-state index contributed by atoms with van der Waals surface area (Å²) >= 11 is 0. The summed E-state index contributed by atoms with van der Waals surface area (Å²) in [4.78, 5) is 2.06. The summed E-state index contributed by atoms with van der Waals surface area (Å²) in [6.07, 6.45) is 0.723. The molecule has 1 saturated carbocycles. The van der Waals surface area contributed by atoms with Gasteiger partial charge in [-0.2, -0.15) is 0 Å². The standard InChI is InChI=1S/C13H16F2N2/c14-13(15)6-5-9-7-17(8-12(9)13)11-3-1-10(16)2-4-11/h1-4,9,12H,5-8,16H2/t9-,12-/m1/s1. The van der Waals surface area contributed by atoms with Gasteiger partial charge < -0.3 is 10.6 Å². The lowest BCUT2D eigenvalue weighted by atomic mass is 9.99. The van der Waals surface area contributed by atoms with Gasteiger partial charge in [-0.05, 0) is 36.6 Å². The number of benzene rings is 1. The lowest BCUT2D eigenvalue weighted by Gasteiger charge is -2.22. The molecular formula is C13H16F2N2. The number of hydrogen-bond donors (Lipinski definition) is 1. The maximum atomic E-state index is 13.6. The molecule has 4 heteroatoms. The highest BCUT2D eigenvalue weighted by molar-refractivity contribution is 5.54. The molecule has 17 heavy (non-hydrogen) atoms. The molecule has 0 radical (unpaired) electrons. The number of fused-ring (bicyclic) bond motifs is 1. The zero-order valence-corrected chi connectivity index (χ0v) is 9.57. The summed E-state index contributed by atoms with van der Waals surface area (Å²) in [7, 11) is 0. The minimum atomic E-state index is -2.47. The van der Waals surface area contributed by atoms with E-state index in [0.29, 0.717) is 18.7 Å². The molecule has 3 rings (SSSR count). The molecule has 1 aliphatic carbocycles. The van der Waals surface area contributed by atoms with Crippen molar-refractivity contribution >= 4 is 11.4 Å². The second-order valence-electron chi connectivity index (χ2n) is 5.16. The number of nitrogen functional groups attached to an aromatic ring is 1. The van der Waals surface area contributed by atoms with Crippen molar-refractivity contribution in [2.75, 3.05) is 23.7 Å². The first-order valence-electron chi connectivity index (χ1n) is 6.04. The Morgan fingerprint density at radius 3 is 2.53 bits per heavy atom. The molecule has 1 aliphatic heterocycles. The predicted molar refractivity (Wildman–Crippen MR) is 64.2 cm³/mol. The minimum absolute atomic E-state index is 0.0674. The normalized spacial score (nSPS) is 30.6. The number of nitrogens with zero attached hydrogens (tertiary/aromatic N) is 1. The molecule has 2 N–H and O–H groups in total. The average Bonchev–Trinajstić information content (AvgIpc) is 2.82. The van der Waals surface area contributed by atoms with Gasteiger partial charge in [-0.3, -0.25) is 0 Å². The van der Waals surface area contributed by atoms with Crippen molar-refractivity contribution in [3.63, 3.8) is 0 Å². The molecule has 1 saturated heterocycles. The van der Waals surface area contributed by atoms with E-state index in [4.69, 9.17) is 5.73 Å². The van der Waals surface area contributed by atoms with Crippen LogP contribution < -0.4 is 10.6 Å². The molecule has 0 spiro atoms. The topological polar surface area (TPSA) is 29.3 Å². The van der Waals surface area contributed by atoms with Gasteiger partial charge in [0.15, 0.2) is 0 Å². The third-order valence-corrected chi connectivity index (χ3v) is 4.09. The van der Waals surface area contributed by atoms with Gasteiger partial charge in [-0.15, -0.1) is 0 Å². The minimum Gasteiger partial charge on any atom is -0.399 e. The van der Waals surface area contributed by atoms with Gasteiger partial charge in [0, 0.05) is 36.8 Å². The molecule has 1 heterocycles. The number of halogens is 2. The van der Waals surface area contributed by atoms with Crippen LogP contribution in [0, 0.1) is 11.8 Å². The number of hydrogen-bond acceptors (Lipinski definition) is 2. The van der Waals surface area contributed by atoms with E-state index in [1.54, 1.807) is 0 Å². The molecule has 0 aromatic heterocycles. The van der Waals surface area contributed by atoms with E-state index in [2.05, 4.69) is 4.90 Å². The van der Waals surface area contributed by atoms with E-state index in [0.717, 1.165) is 12.2 Å². The van der Waals surface area contributed by atoms with E-state index < -0.39 is 11.8 Å². The van der Waals surface area contributed by atoms with Gasteiger partial charge in [-0.1, -0.05) is 0 Å². The van der Waals surface area contributed by atoms with Crippen LogP contribution in [0.2, 0.25) is 0 Å². The van der Waals surface area contributed by atoms with Gasteiger partial charge in [0.25, 0.3) is 5.92 Å². The van der Waals surface area contributed by atoms with Gasteiger partial charge in [0.05, 0.1) is 0 Å². The van der Waals surface area contributed by atoms with E-state index in [1.165, 1.54) is 0 Å². The Morgan fingerprint density at radius 2 is 1.88 bits per heavy atom. The zero-order chi connectivity index (χ0) is 12.0. The molecule has 0 unspecified atom stereocenters. The summed E-state index contributed by atoms with van der Waals surface area (Å²) < 4.78 is 27.2. The van der Waals surface area contributed by atoms with Crippen LogP contribution in [0.1, 0.15) is 12.8 Å². The van der Waals surface area contributed by atoms with Crippen molar-refractivity contribution in [1.29, 1.82) is 0 Å². The van der Waals surface area contributed by atoms with Gasteiger partial charge >= 0.3 is 0 Å². The Balaban J connectivity index is 1.79. The summed E-state index contributed by atoms with van der Waals surface area (Å²) in [5.41, 5.74) is 7.33. The molecule has 1 aromatic carbocycles. The van der Waals surface area contributed by atoms with Crippen molar-refractivity contribution in [3.8, 4) is 0 Å². The van der Waals surface area contributed by atoms with Crippen LogP contribution >= 0.6 is 0 Å². The summed E-state index contributed by atoms with van der Waals surface area (Å²) in [5, 5.41) is 0. The average molecular weight is 238 g/mol. The Bertz CT molecular complexity index is 416. The third kappa shape index (κ3) is 1.75. The number of alkyl halides is 2. The largest absolute Gasteiger partial charge is 0.399 e. The van der Waals surface area contributed by atoms with Crippen LogP contribution in [0.25, 0.3) is 0 Å². The van der Waals surface area contributed by atoms with Crippen molar-refractivity contribution < 1.29 is 8.78 Å². The fourth-order valence-corrected chi connectivity index (χ4v) is 3.10. The molecule has 0 bridgehead atoms. The van der Waals surface area contributed by atoms with Crippen LogP contribution in [0.5, 0.6) is 0 Å². The number of nitrogens with two attached hydrogens (primary N) is 1. The van der Waals surface area contributed by atoms with Crippen LogP contribution in [0.3, 0.4) is 0 Å². The Labute approximate surface area is 99.4 Å². The molecule has 0 amide bonds. The van der Waals surface area contributed by atoms with Crippen LogP contribution in [-0.2, 0) is 0 Å². The zero-order valence-electron chi connectivity index (χ0n) is 9.57. The SMILES string of the molecule is Nc1ccc(N2C[C@H]3CCC(F)(F)[C@@H]3C2)cc1. The summed E-state index contributed by atoms with van der Waals surface area (Å²) in [6, 6.07) is 7.46. The van der Waals surface area contributed by atoms with Crippen molar-refractivity contribution in [1.82, 2.24) is 0 Å². The maximum Gasteiger partial charge on any atom is 0.252 e. The lowest BCUT2D eigenvalue weighted by molar-refractivity contribution is -0.0351. The first-order chi connectivity index (χ1) is 8.06. The fraction of sp³-hybridized carbons (Fsp3) is 0.538. The highest BCUT2D eigenvalue weighted by atomic mass is 19.3. The molecule has 2 fully saturated rings. The monoisotopic (exact) mass is 238 g/mol. The molecule has 2 atom stereocenters. The highest BCUT2D eigenvalue weighted by Gasteiger charge is 2.53. The highest BCUT2D eigenvalue weighted by Crippen LogP contribution is 2.48. The Morgan fingerprint density at radius 1 is 1.18 bits per heavy atom. The smallest absolute Gasteiger partial charge is 0.252 e. The molecule has 2 aliphatic rings.